The molecule has 0 aromatic rings. The van der Waals surface area contributed by atoms with Gasteiger partial charge < -0.3 is 53.5 Å². The van der Waals surface area contributed by atoms with E-state index in [0.717, 1.165) is 71.0 Å². The van der Waals surface area contributed by atoms with E-state index >= 15 is 0 Å². The summed E-state index contributed by atoms with van der Waals surface area (Å²) in [4.78, 5) is 26.6. The summed E-state index contributed by atoms with van der Waals surface area (Å²) in [6, 6.07) is 0. The molecule has 55 heavy (non-hydrogen) atoms. The highest BCUT2D eigenvalue weighted by atomic mass is 35.5. The number of unbranched alkanes of at least 4 members (excludes halogenated alkanes) is 17. The molecule has 0 heterocycles. The molecule has 0 rings (SSSR count). The van der Waals surface area contributed by atoms with Crippen molar-refractivity contribution in [2.45, 2.75) is 187 Å². The van der Waals surface area contributed by atoms with E-state index in [9.17, 15) is 19.8 Å². The van der Waals surface area contributed by atoms with Crippen molar-refractivity contribution in [3.05, 3.63) is 0 Å². The number of hydrogen-bond acceptors (Lipinski definition) is 7. The topological polar surface area (TPSA) is 96.3 Å². The number of halogens is 2. The van der Waals surface area contributed by atoms with Gasteiger partial charge in [-0.2, -0.15) is 0 Å². The molecule has 0 aromatic carbocycles. The van der Waals surface area contributed by atoms with E-state index in [1.807, 2.05) is 0 Å². The van der Waals surface area contributed by atoms with Crippen LogP contribution in [0.3, 0.4) is 0 Å². The Bertz CT molecular complexity index is 803. The standard InChI is InChI=1S/C44H91N3O6.2ClH/c1-8-11-14-16-18-20-22-24-26-30-43(50)52-35-28-33-46(4,5)39-41(48)37-45(32-13-10-3)38-42(49)40-47(6,7)34-29-36-53-44(51)31-27-25-23-21-19-17-15-12-9-2;;/h41-42,48-49H,8-40H2,1-7H3;2*1H/q+2;;/p-2. The molecule has 0 saturated heterocycles. The molecule has 2 atom stereocenters. The van der Waals surface area contributed by atoms with E-state index in [0.29, 0.717) is 61.2 Å². The first-order chi connectivity index (χ1) is 25.3. The second-order valence-corrected chi connectivity index (χ2v) is 17.4. The van der Waals surface area contributed by atoms with Gasteiger partial charge in [0.2, 0.25) is 0 Å². The molecule has 0 aromatic heterocycles. The molecule has 0 fully saturated rings. The average Bonchev–Trinajstić information content (AvgIpc) is 3.09. The fourth-order valence-corrected chi connectivity index (χ4v) is 7.34. The maximum Gasteiger partial charge on any atom is 0.305 e. The lowest BCUT2D eigenvalue weighted by Gasteiger charge is -2.36. The first-order valence-corrected chi connectivity index (χ1v) is 22.4. The molecule has 11 heteroatoms. The maximum atomic E-state index is 12.2. The van der Waals surface area contributed by atoms with Crippen molar-refractivity contribution in [2.75, 3.05) is 87.2 Å². The van der Waals surface area contributed by atoms with Crippen molar-refractivity contribution >= 4 is 11.9 Å². The fourth-order valence-electron chi connectivity index (χ4n) is 7.34. The van der Waals surface area contributed by atoms with Crippen LogP contribution in [0.4, 0.5) is 0 Å². The van der Waals surface area contributed by atoms with Crippen LogP contribution < -0.4 is 24.8 Å². The molecule has 0 amide bonds. The third-order valence-corrected chi connectivity index (χ3v) is 10.5. The Kier molecular flexibility index (Phi) is 41.4. The number of aliphatic hydroxyl groups is 2. The lowest BCUT2D eigenvalue weighted by atomic mass is 10.1. The Labute approximate surface area is 353 Å². The summed E-state index contributed by atoms with van der Waals surface area (Å²) < 4.78 is 12.3. The van der Waals surface area contributed by atoms with E-state index in [4.69, 9.17) is 9.47 Å². The molecular formula is C44H91Cl2N3O6. The van der Waals surface area contributed by atoms with E-state index in [-0.39, 0.29) is 36.8 Å². The largest absolute Gasteiger partial charge is 1.00 e. The number of carbonyl (C=O) groups is 2. The first-order valence-electron chi connectivity index (χ1n) is 22.4. The van der Waals surface area contributed by atoms with Gasteiger partial charge in [-0.25, -0.2) is 0 Å². The van der Waals surface area contributed by atoms with Gasteiger partial charge in [0.15, 0.2) is 0 Å². The van der Waals surface area contributed by atoms with Gasteiger partial charge in [0.25, 0.3) is 0 Å². The molecule has 2 N–H and O–H groups in total. The molecule has 0 aliphatic rings. The highest BCUT2D eigenvalue weighted by molar-refractivity contribution is 5.69. The zero-order valence-electron chi connectivity index (χ0n) is 37.1. The maximum absolute atomic E-state index is 12.2. The van der Waals surface area contributed by atoms with E-state index in [2.05, 4.69) is 53.9 Å². The quantitative estimate of drug-likeness (QED) is 0.0560. The van der Waals surface area contributed by atoms with Gasteiger partial charge in [-0.1, -0.05) is 130 Å². The van der Waals surface area contributed by atoms with Crippen LogP contribution in [-0.4, -0.2) is 135 Å². The third-order valence-electron chi connectivity index (χ3n) is 10.5. The Hall–Kier alpha value is -0.680. The van der Waals surface area contributed by atoms with Crippen LogP contribution in [0.2, 0.25) is 0 Å². The number of carbonyl (C=O) groups excluding carboxylic acids is 2. The summed E-state index contributed by atoms with van der Waals surface area (Å²) in [5.74, 6) is -0.179. The molecule has 0 radical (unpaired) electrons. The molecule has 0 bridgehead atoms. The first kappa shape index (κ1) is 58.6. The number of likely N-dealkylation sites (N-methyl/N-ethyl adjacent to an activating group) is 2. The number of nitrogens with zero attached hydrogens (tertiary/aromatic N) is 3. The molecule has 9 nitrogen and oxygen atoms in total. The van der Waals surface area contributed by atoms with Crippen molar-refractivity contribution in [1.29, 1.82) is 0 Å². The minimum absolute atomic E-state index is 0. The Morgan fingerprint density at radius 1 is 0.491 bits per heavy atom. The minimum atomic E-state index is -0.518. The van der Waals surface area contributed by atoms with Crippen molar-refractivity contribution in [3.63, 3.8) is 0 Å². The molecule has 0 saturated carbocycles. The molecule has 0 aliphatic heterocycles. The summed E-state index contributed by atoms with van der Waals surface area (Å²) in [5, 5.41) is 22.2. The van der Waals surface area contributed by atoms with Crippen molar-refractivity contribution < 1.29 is 63.1 Å². The normalized spacial score (nSPS) is 12.9. The highest BCUT2D eigenvalue weighted by Crippen LogP contribution is 2.13. The Morgan fingerprint density at radius 3 is 1.13 bits per heavy atom. The summed E-state index contributed by atoms with van der Waals surface area (Å²) >= 11 is 0. The second kappa shape index (κ2) is 38.8. The molecule has 0 aliphatic carbocycles. The zero-order chi connectivity index (χ0) is 39.6. The third kappa shape index (κ3) is 39.9. The van der Waals surface area contributed by atoms with E-state index < -0.39 is 12.2 Å². The molecule has 332 valence electrons. The summed E-state index contributed by atoms with van der Waals surface area (Å²) in [6.07, 6.45) is 25.8. The number of ether oxygens (including phenoxy) is 2. The van der Waals surface area contributed by atoms with E-state index in [1.54, 1.807) is 0 Å². The second-order valence-electron chi connectivity index (χ2n) is 17.4. The zero-order valence-corrected chi connectivity index (χ0v) is 38.6. The monoisotopic (exact) mass is 828 g/mol. The van der Waals surface area contributed by atoms with Gasteiger partial charge >= 0.3 is 11.9 Å². The predicted octanol–water partition coefficient (Wildman–Crippen LogP) is 2.68. The van der Waals surface area contributed by atoms with Gasteiger partial charge in [-0.15, -0.1) is 0 Å². The van der Waals surface area contributed by atoms with Gasteiger partial charge in [-0.3, -0.25) is 14.5 Å². The van der Waals surface area contributed by atoms with Gasteiger partial charge in [-0.05, 0) is 25.8 Å². The number of aliphatic hydroxyl groups excluding tert-OH is 2. The molecular weight excluding hydrogens is 737 g/mol. The van der Waals surface area contributed by atoms with Crippen LogP contribution in [0, 0.1) is 0 Å². The van der Waals surface area contributed by atoms with Crippen LogP contribution in [-0.2, 0) is 19.1 Å². The Morgan fingerprint density at radius 2 is 0.800 bits per heavy atom. The minimum Gasteiger partial charge on any atom is -1.00 e. The number of quaternary nitrogens is 2. The SMILES string of the molecule is CCCCCCCCCCCC(=O)OCCC[N+](C)(C)CC(O)CN(CCCC)CC(O)C[N+](C)(C)CCCOC(=O)CCCCCCCCCCC.[Cl-].[Cl-]. The van der Waals surface area contributed by atoms with Crippen molar-refractivity contribution in [2.24, 2.45) is 0 Å². The fraction of sp³-hybridized carbons (Fsp3) is 0.955. The number of esters is 2. The smallest absolute Gasteiger partial charge is 0.305 e. The van der Waals surface area contributed by atoms with Crippen LogP contribution in [0.5, 0.6) is 0 Å². The van der Waals surface area contributed by atoms with Gasteiger partial charge in [0.1, 0.15) is 25.3 Å². The van der Waals surface area contributed by atoms with Gasteiger partial charge in [0, 0.05) is 38.8 Å². The Balaban J connectivity index is -0.0000135. The van der Waals surface area contributed by atoms with Crippen LogP contribution in [0.1, 0.15) is 175 Å². The molecule has 2 unspecified atom stereocenters. The predicted molar refractivity (Wildman–Crippen MR) is 222 cm³/mol. The summed E-state index contributed by atoms with van der Waals surface area (Å²) in [5.41, 5.74) is 0. The lowest BCUT2D eigenvalue weighted by molar-refractivity contribution is -0.893. The van der Waals surface area contributed by atoms with Crippen LogP contribution >= 0.6 is 0 Å². The highest BCUT2D eigenvalue weighted by Gasteiger charge is 2.26. The van der Waals surface area contributed by atoms with Crippen molar-refractivity contribution in [1.82, 2.24) is 4.90 Å². The average molecular weight is 829 g/mol. The van der Waals surface area contributed by atoms with Crippen molar-refractivity contribution in [3.8, 4) is 0 Å². The molecule has 0 spiro atoms. The van der Waals surface area contributed by atoms with Crippen LogP contribution in [0.25, 0.3) is 0 Å². The summed E-state index contributed by atoms with van der Waals surface area (Å²) in [7, 11) is 8.47. The van der Waals surface area contributed by atoms with Crippen LogP contribution in [0.15, 0.2) is 0 Å². The van der Waals surface area contributed by atoms with Gasteiger partial charge in [0.05, 0.1) is 54.5 Å². The van der Waals surface area contributed by atoms with E-state index in [1.165, 1.54) is 89.9 Å². The number of hydrogen-bond donors (Lipinski definition) is 2. The summed E-state index contributed by atoms with van der Waals surface area (Å²) in [6.45, 7) is 12.2. The lowest BCUT2D eigenvalue weighted by Crippen LogP contribution is -3.00. The number of rotatable bonds is 39.